The van der Waals surface area contributed by atoms with Crippen LogP contribution in [0.15, 0.2) is 41.5 Å². The van der Waals surface area contributed by atoms with Crippen LogP contribution >= 0.6 is 15.9 Å². The fourth-order valence-corrected chi connectivity index (χ4v) is 2.82. The first-order valence-corrected chi connectivity index (χ1v) is 8.91. The van der Waals surface area contributed by atoms with E-state index in [1.165, 1.54) is 0 Å². The molecule has 3 rings (SSSR count). The van der Waals surface area contributed by atoms with E-state index in [9.17, 15) is 5.11 Å². The lowest BCUT2D eigenvalue weighted by molar-refractivity contribution is 0.249. The van der Waals surface area contributed by atoms with Crippen molar-refractivity contribution in [2.75, 3.05) is 17.2 Å². The third-order valence-corrected chi connectivity index (χ3v) is 4.55. The molecule has 0 aromatic carbocycles. The van der Waals surface area contributed by atoms with Crippen molar-refractivity contribution >= 4 is 33.2 Å². The second kappa shape index (κ2) is 7.79. The van der Waals surface area contributed by atoms with Gasteiger partial charge in [-0.25, -0.2) is 9.97 Å². The lowest BCUT2D eigenvalue weighted by atomic mass is 10.1. The fourth-order valence-electron chi connectivity index (χ4n) is 2.45. The van der Waals surface area contributed by atoms with Crippen LogP contribution in [0.4, 0.5) is 11.6 Å². The van der Waals surface area contributed by atoms with Crippen LogP contribution in [-0.2, 0) is 6.54 Å². The Morgan fingerprint density at radius 2 is 2.16 bits per heavy atom. The number of rotatable bonds is 7. The van der Waals surface area contributed by atoms with Gasteiger partial charge < -0.3 is 15.7 Å². The van der Waals surface area contributed by atoms with E-state index in [-0.39, 0.29) is 18.6 Å². The standard InChI is InChI=1S/C17H21BrN6O/c1-11(2)13(10-25)22-15-9-24-14(18)8-21-17(24)16(23-15)20-7-12-4-3-5-19-6-12/h3-6,8-9,11,13,22,25H,7,10H2,1-2H3,(H,20,23). The van der Waals surface area contributed by atoms with Gasteiger partial charge in [-0.2, -0.15) is 0 Å². The minimum atomic E-state index is -0.0709. The summed E-state index contributed by atoms with van der Waals surface area (Å²) in [6.07, 6.45) is 7.17. The average Bonchev–Trinajstić information content (AvgIpc) is 2.99. The fraction of sp³-hybridized carbons (Fsp3) is 0.353. The maximum Gasteiger partial charge on any atom is 0.181 e. The number of pyridine rings is 1. The highest BCUT2D eigenvalue weighted by atomic mass is 79.9. The Hall–Kier alpha value is -2.19. The first-order valence-electron chi connectivity index (χ1n) is 8.12. The summed E-state index contributed by atoms with van der Waals surface area (Å²) in [6, 6.07) is 3.83. The lowest BCUT2D eigenvalue weighted by Gasteiger charge is -2.21. The number of nitrogens with zero attached hydrogens (tertiary/aromatic N) is 4. The van der Waals surface area contributed by atoms with Crippen molar-refractivity contribution in [3.63, 3.8) is 0 Å². The van der Waals surface area contributed by atoms with Crippen LogP contribution in [-0.4, -0.2) is 37.1 Å². The molecule has 0 saturated carbocycles. The molecule has 25 heavy (non-hydrogen) atoms. The Balaban J connectivity index is 1.90. The molecule has 0 aliphatic rings. The predicted molar refractivity (Wildman–Crippen MR) is 102 cm³/mol. The molecule has 0 amide bonds. The minimum Gasteiger partial charge on any atom is -0.394 e. The molecule has 0 aliphatic carbocycles. The smallest absolute Gasteiger partial charge is 0.181 e. The molecule has 1 atom stereocenters. The summed E-state index contributed by atoms with van der Waals surface area (Å²) < 4.78 is 2.75. The number of halogens is 1. The first kappa shape index (κ1) is 17.6. The number of aromatic nitrogens is 4. The highest BCUT2D eigenvalue weighted by Crippen LogP contribution is 2.23. The SMILES string of the molecule is CC(C)C(CO)Nc1cn2c(Br)cnc2c(NCc2cccnc2)n1. The molecular weight excluding hydrogens is 384 g/mol. The molecule has 0 fully saturated rings. The van der Waals surface area contributed by atoms with Gasteiger partial charge in [-0.3, -0.25) is 9.38 Å². The number of hydrogen-bond acceptors (Lipinski definition) is 6. The van der Waals surface area contributed by atoms with Crippen LogP contribution in [0.25, 0.3) is 5.65 Å². The highest BCUT2D eigenvalue weighted by Gasteiger charge is 2.15. The van der Waals surface area contributed by atoms with Crippen LogP contribution in [0, 0.1) is 5.92 Å². The molecule has 0 spiro atoms. The van der Waals surface area contributed by atoms with Crippen LogP contribution in [0.2, 0.25) is 0 Å². The minimum absolute atomic E-state index is 0.0426. The van der Waals surface area contributed by atoms with Gasteiger partial charge in [0.2, 0.25) is 0 Å². The van der Waals surface area contributed by atoms with Gasteiger partial charge >= 0.3 is 0 Å². The number of hydrogen-bond donors (Lipinski definition) is 3. The van der Waals surface area contributed by atoms with Gasteiger partial charge in [-0.15, -0.1) is 0 Å². The van der Waals surface area contributed by atoms with E-state index in [1.807, 2.05) is 28.9 Å². The van der Waals surface area contributed by atoms with Gasteiger partial charge in [0.05, 0.1) is 25.0 Å². The second-order valence-corrected chi connectivity index (χ2v) is 6.95. The molecule has 7 nitrogen and oxygen atoms in total. The Kier molecular flexibility index (Phi) is 5.50. The number of aliphatic hydroxyl groups excluding tert-OH is 1. The molecule has 3 heterocycles. The van der Waals surface area contributed by atoms with Crippen LogP contribution in [0.1, 0.15) is 19.4 Å². The number of nitrogens with one attached hydrogen (secondary N) is 2. The Bertz CT molecular complexity index is 836. The molecule has 132 valence electrons. The quantitative estimate of drug-likeness (QED) is 0.560. The van der Waals surface area contributed by atoms with E-state index < -0.39 is 0 Å². The number of anilines is 2. The predicted octanol–water partition coefficient (Wildman–Crippen LogP) is 2.93. The summed E-state index contributed by atoms with van der Waals surface area (Å²) in [5.41, 5.74) is 1.79. The second-order valence-electron chi connectivity index (χ2n) is 6.14. The summed E-state index contributed by atoms with van der Waals surface area (Å²) >= 11 is 3.50. The van der Waals surface area contributed by atoms with Crippen molar-refractivity contribution < 1.29 is 5.11 Å². The summed E-state index contributed by atoms with van der Waals surface area (Å²) in [7, 11) is 0. The van der Waals surface area contributed by atoms with E-state index >= 15 is 0 Å². The van der Waals surface area contributed by atoms with Gasteiger partial charge in [-0.1, -0.05) is 19.9 Å². The maximum absolute atomic E-state index is 9.57. The zero-order valence-corrected chi connectivity index (χ0v) is 15.7. The number of imidazole rings is 1. The third-order valence-electron chi connectivity index (χ3n) is 3.96. The largest absolute Gasteiger partial charge is 0.394 e. The van der Waals surface area contributed by atoms with Gasteiger partial charge in [0.25, 0.3) is 0 Å². The highest BCUT2D eigenvalue weighted by molar-refractivity contribution is 9.10. The van der Waals surface area contributed by atoms with E-state index in [2.05, 4.69) is 55.4 Å². The first-order chi connectivity index (χ1) is 12.1. The molecule has 8 heteroatoms. The number of fused-ring (bicyclic) bond motifs is 1. The van der Waals surface area contributed by atoms with Crippen LogP contribution in [0.5, 0.6) is 0 Å². The number of aliphatic hydroxyl groups is 1. The van der Waals surface area contributed by atoms with Gasteiger partial charge in [0.1, 0.15) is 10.4 Å². The van der Waals surface area contributed by atoms with Crippen LogP contribution < -0.4 is 10.6 Å². The molecule has 0 radical (unpaired) electrons. The monoisotopic (exact) mass is 404 g/mol. The molecule has 0 aliphatic heterocycles. The molecule has 0 bridgehead atoms. The lowest BCUT2D eigenvalue weighted by Crippen LogP contribution is -2.30. The summed E-state index contributed by atoms with van der Waals surface area (Å²) in [4.78, 5) is 13.2. The Morgan fingerprint density at radius 1 is 1.32 bits per heavy atom. The van der Waals surface area contributed by atoms with Crippen molar-refractivity contribution in [3.05, 3.63) is 47.1 Å². The van der Waals surface area contributed by atoms with Crippen molar-refractivity contribution in [1.29, 1.82) is 0 Å². The van der Waals surface area contributed by atoms with Gasteiger partial charge in [-0.05, 0) is 33.5 Å². The normalized spacial score (nSPS) is 12.5. The summed E-state index contributed by atoms with van der Waals surface area (Å²) in [5.74, 6) is 1.62. The molecule has 3 aromatic heterocycles. The van der Waals surface area contributed by atoms with E-state index in [0.717, 1.165) is 15.8 Å². The van der Waals surface area contributed by atoms with Crippen LogP contribution in [0.3, 0.4) is 0 Å². The topological polar surface area (TPSA) is 87.4 Å². The molecule has 0 saturated heterocycles. The maximum atomic E-state index is 9.57. The summed E-state index contributed by atoms with van der Waals surface area (Å²) in [6.45, 7) is 4.75. The van der Waals surface area contributed by atoms with Gasteiger partial charge in [0.15, 0.2) is 11.5 Å². The molecular formula is C17H21BrN6O. The van der Waals surface area contributed by atoms with E-state index in [4.69, 9.17) is 0 Å². The van der Waals surface area contributed by atoms with Crippen molar-refractivity contribution in [1.82, 2.24) is 19.4 Å². The molecule has 3 aromatic rings. The van der Waals surface area contributed by atoms with Crippen molar-refractivity contribution in [2.24, 2.45) is 5.92 Å². The third kappa shape index (κ3) is 4.08. The van der Waals surface area contributed by atoms with E-state index in [0.29, 0.717) is 18.2 Å². The zero-order valence-electron chi connectivity index (χ0n) is 14.1. The van der Waals surface area contributed by atoms with Crippen molar-refractivity contribution in [2.45, 2.75) is 26.4 Å². The molecule has 1 unspecified atom stereocenters. The summed E-state index contributed by atoms with van der Waals surface area (Å²) in [5, 5.41) is 16.2. The van der Waals surface area contributed by atoms with Gasteiger partial charge in [0, 0.05) is 18.9 Å². The Morgan fingerprint density at radius 3 is 2.84 bits per heavy atom. The molecule has 3 N–H and O–H groups in total. The average molecular weight is 405 g/mol. The zero-order chi connectivity index (χ0) is 17.8. The van der Waals surface area contributed by atoms with Crippen molar-refractivity contribution in [3.8, 4) is 0 Å². The Labute approximate surface area is 154 Å². The van der Waals surface area contributed by atoms with E-state index in [1.54, 1.807) is 12.4 Å².